The lowest BCUT2D eigenvalue weighted by molar-refractivity contribution is -0.922. The second-order valence-electron chi connectivity index (χ2n) is 19.5. The topological polar surface area (TPSA) is 207 Å². The van der Waals surface area contributed by atoms with Crippen LogP contribution in [0.5, 0.6) is 0 Å². The molecule has 6 amide bonds. The number of urea groups is 2. The van der Waals surface area contributed by atoms with Gasteiger partial charge in [0.05, 0.1) is 114 Å². The van der Waals surface area contributed by atoms with Crippen molar-refractivity contribution in [1.29, 1.82) is 10.5 Å². The van der Waals surface area contributed by atoms with Crippen LogP contribution in [0.15, 0.2) is 144 Å². The Morgan fingerprint density at radius 3 is 1.47 bits per heavy atom. The van der Waals surface area contributed by atoms with Gasteiger partial charge in [0, 0.05) is 37.1 Å². The first kappa shape index (κ1) is 52.1. The molecule has 3 N–H and O–H groups in total. The van der Waals surface area contributed by atoms with Crippen LogP contribution in [0.2, 0.25) is 0 Å². The van der Waals surface area contributed by atoms with Crippen molar-refractivity contribution >= 4 is 35.3 Å². The van der Waals surface area contributed by atoms with Crippen LogP contribution < -0.4 is 20.4 Å². The van der Waals surface area contributed by atoms with E-state index in [0.717, 1.165) is 39.6 Å². The highest BCUT2D eigenvalue weighted by Crippen LogP contribution is 2.43. The molecule has 6 aromatic rings. The molecule has 4 aliphatic rings. The van der Waals surface area contributed by atoms with E-state index in [0.29, 0.717) is 70.6 Å². The summed E-state index contributed by atoms with van der Waals surface area (Å²) < 4.78 is 84.2. The number of rotatable bonds is 15. The average Bonchev–Trinajstić information content (AvgIpc) is 4.35. The Labute approximate surface area is 441 Å². The molecule has 0 spiro atoms. The van der Waals surface area contributed by atoms with E-state index < -0.39 is 59.4 Å². The molecule has 0 aliphatic carbocycles. The van der Waals surface area contributed by atoms with Crippen molar-refractivity contribution in [3.05, 3.63) is 183 Å². The quantitative estimate of drug-likeness (QED) is 0.0665. The van der Waals surface area contributed by atoms with Crippen molar-refractivity contribution in [2.45, 2.75) is 43.8 Å². The zero-order valence-corrected chi connectivity index (χ0v) is 41.4. The van der Waals surface area contributed by atoms with E-state index in [1.807, 2.05) is 43.5 Å². The van der Waals surface area contributed by atoms with Crippen LogP contribution in [0, 0.1) is 22.7 Å². The zero-order valence-electron chi connectivity index (χ0n) is 41.4. The number of amides is 6. The smallest absolute Gasteiger partial charge is 0.333 e. The van der Waals surface area contributed by atoms with Crippen LogP contribution in [0.4, 0.5) is 47.3 Å². The van der Waals surface area contributed by atoms with Gasteiger partial charge in [-0.05, 0) is 77.0 Å². The van der Waals surface area contributed by atoms with Gasteiger partial charge in [-0.15, -0.1) is 10.2 Å². The number of alkyl halides is 6. The summed E-state index contributed by atoms with van der Waals surface area (Å²) in [4.78, 5) is 62.5. The highest BCUT2D eigenvalue weighted by atomic mass is 19.4. The standard InChI is InChI=1S/C55H45F6N13O4/c1-74(32-35-14-20-38(21-15-35)49-66-68-69-67-49,24-4-22-70-30-43-45(50(70)75)47(36-16-10-33(28-62)11-17-36)64-52(77)72(43)41-8-2-6-39(26-41)54(56,57)58)25-5-23-71-31-44-46(51(71)76)48(37-18-12-34(29-63)13-19-37)65-53(78)73(44)42-9-3-7-40(27-42)55(59,60)61/h2-3,6-21,26-27,47-48H,4-5,22-25,30-32H2,1H3,(H2-,64,65,66,67,68,69,77,78)/p+1/t47-,48-/m1/s1. The second-order valence-corrected chi connectivity index (χ2v) is 19.5. The summed E-state index contributed by atoms with van der Waals surface area (Å²) in [6.07, 6.45) is -8.62. The molecule has 0 unspecified atom stereocenters. The summed E-state index contributed by atoms with van der Waals surface area (Å²) in [6.45, 7) is 1.53. The van der Waals surface area contributed by atoms with E-state index in [4.69, 9.17) is 0 Å². The summed E-state index contributed by atoms with van der Waals surface area (Å²) in [6, 6.07) is 29.4. The van der Waals surface area contributed by atoms with Crippen molar-refractivity contribution < 1.29 is 50.0 Å². The molecule has 10 rings (SSSR count). The second kappa shape index (κ2) is 20.6. The molecule has 396 valence electrons. The number of nitriles is 2. The number of halogens is 6. The zero-order chi connectivity index (χ0) is 55.1. The van der Waals surface area contributed by atoms with Crippen LogP contribution in [0.3, 0.4) is 0 Å². The lowest BCUT2D eigenvalue weighted by Gasteiger charge is -2.36. The first-order valence-electron chi connectivity index (χ1n) is 24.6. The van der Waals surface area contributed by atoms with Crippen LogP contribution in [-0.4, -0.2) is 105 Å². The lowest BCUT2D eigenvalue weighted by atomic mass is 9.94. The molecule has 5 heterocycles. The first-order valence-corrected chi connectivity index (χ1v) is 24.6. The summed E-state index contributed by atoms with van der Waals surface area (Å²) in [5, 5.41) is 38.7. The molecule has 23 heteroatoms. The number of benzene rings is 5. The monoisotopic (exact) mass is 1070 g/mol. The fraction of sp³-hybridized carbons (Fsp3) is 0.255. The van der Waals surface area contributed by atoms with Crippen molar-refractivity contribution in [1.82, 2.24) is 41.1 Å². The maximum Gasteiger partial charge on any atom is 0.416 e. The Hall–Kier alpha value is -9.35. The van der Waals surface area contributed by atoms with Gasteiger partial charge in [0.2, 0.25) is 5.82 Å². The van der Waals surface area contributed by atoms with E-state index in [-0.39, 0.29) is 60.1 Å². The van der Waals surface area contributed by atoms with Gasteiger partial charge >= 0.3 is 24.4 Å². The Morgan fingerprint density at radius 1 is 0.628 bits per heavy atom. The maximum absolute atomic E-state index is 14.6. The maximum atomic E-state index is 14.6. The number of anilines is 2. The molecule has 0 saturated carbocycles. The van der Waals surface area contributed by atoms with Gasteiger partial charge in [-0.2, -0.15) is 42.1 Å². The average molecular weight is 1070 g/mol. The number of tetrazole rings is 1. The van der Waals surface area contributed by atoms with Gasteiger partial charge in [-0.3, -0.25) is 19.4 Å². The third-order valence-electron chi connectivity index (χ3n) is 14.4. The number of nitrogens with one attached hydrogen (secondary N) is 3. The van der Waals surface area contributed by atoms with E-state index >= 15 is 0 Å². The molecule has 0 bridgehead atoms. The van der Waals surface area contributed by atoms with Gasteiger partial charge in [0.1, 0.15) is 6.54 Å². The number of quaternary nitrogens is 1. The predicted molar refractivity (Wildman–Crippen MR) is 268 cm³/mol. The number of carbonyl (C=O) groups is 4. The Kier molecular flexibility index (Phi) is 13.8. The Balaban J connectivity index is 0.901. The van der Waals surface area contributed by atoms with Crippen molar-refractivity contribution in [3.63, 3.8) is 0 Å². The van der Waals surface area contributed by atoms with E-state index in [1.54, 1.807) is 58.3 Å². The molecule has 0 fully saturated rings. The molecular formula is C55H46F6N13O4+. The number of aromatic nitrogens is 4. The van der Waals surface area contributed by atoms with Gasteiger partial charge in [-0.25, -0.2) is 9.59 Å². The molecule has 4 aliphatic heterocycles. The molecule has 1 aromatic heterocycles. The number of H-pyrrole nitrogens is 1. The highest BCUT2D eigenvalue weighted by molar-refractivity contribution is 6.08. The van der Waals surface area contributed by atoms with Gasteiger partial charge in [0.15, 0.2) is 0 Å². The van der Waals surface area contributed by atoms with Crippen LogP contribution in [-0.2, 0) is 28.5 Å². The number of hydrogen-bond donors (Lipinski definition) is 3. The minimum Gasteiger partial charge on any atom is -0.333 e. The van der Waals surface area contributed by atoms with E-state index in [2.05, 4.69) is 31.3 Å². The molecule has 17 nitrogen and oxygen atoms in total. The van der Waals surface area contributed by atoms with Crippen LogP contribution in [0.25, 0.3) is 11.4 Å². The molecule has 0 saturated heterocycles. The molecule has 2 atom stereocenters. The SMILES string of the molecule is C[N+](CCCN1CC2=C(C1=O)[C@@H](c1ccc(C#N)cc1)NC(=O)N2c1cccc(C(F)(F)F)c1)(CCCN1CC2=C(C1=O)[C@@H](c1ccc(C#N)cc1)NC(=O)N2c1cccc(C(F)(F)F)c1)Cc1ccc(-c2nn[nH]n2)cc1. The van der Waals surface area contributed by atoms with Gasteiger partial charge < -0.3 is 24.9 Å². The number of carbonyl (C=O) groups excluding carboxylic acids is 4. The summed E-state index contributed by atoms with van der Waals surface area (Å²) in [5.74, 6) is -0.469. The summed E-state index contributed by atoms with van der Waals surface area (Å²) in [7, 11) is 2.02. The Morgan fingerprint density at radius 2 is 1.08 bits per heavy atom. The third-order valence-corrected chi connectivity index (χ3v) is 14.4. The minimum atomic E-state index is -4.71. The molecule has 78 heavy (non-hydrogen) atoms. The molecule has 0 radical (unpaired) electrons. The number of nitrogens with zero attached hydrogens (tertiary/aromatic N) is 10. The Bertz CT molecular complexity index is 3290. The lowest BCUT2D eigenvalue weighted by Crippen LogP contribution is -2.47. The first-order chi connectivity index (χ1) is 37.3. The minimum absolute atomic E-state index is 0.0825. The fourth-order valence-corrected chi connectivity index (χ4v) is 10.6. The summed E-state index contributed by atoms with van der Waals surface area (Å²) >= 11 is 0. The fourth-order valence-electron chi connectivity index (χ4n) is 10.6. The van der Waals surface area contributed by atoms with Crippen LogP contribution in [0.1, 0.15) is 63.9 Å². The van der Waals surface area contributed by atoms with Crippen LogP contribution >= 0.6 is 0 Å². The van der Waals surface area contributed by atoms with E-state index in [9.17, 15) is 56.0 Å². The van der Waals surface area contributed by atoms with Crippen molar-refractivity contribution in [2.24, 2.45) is 0 Å². The summed E-state index contributed by atoms with van der Waals surface area (Å²) in [5.41, 5.74) is 1.96. The number of aromatic amines is 1. The molecular weight excluding hydrogens is 1020 g/mol. The highest BCUT2D eigenvalue weighted by Gasteiger charge is 2.47. The third kappa shape index (κ3) is 10.3. The van der Waals surface area contributed by atoms with Crippen molar-refractivity contribution in [2.75, 3.05) is 56.1 Å². The molecule has 5 aromatic carbocycles. The number of hydrogen-bond acceptors (Lipinski definition) is 9. The largest absolute Gasteiger partial charge is 0.416 e. The van der Waals surface area contributed by atoms with Gasteiger partial charge in [0.25, 0.3) is 11.8 Å². The van der Waals surface area contributed by atoms with Gasteiger partial charge in [-0.1, -0.05) is 60.7 Å². The predicted octanol–water partition coefficient (Wildman–Crippen LogP) is 8.51. The van der Waals surface area contributed by atoms with E-state index in [1.165, 1.54) is 24.3 Å². The van der Waals surface area contributed by atoms with Crippen molar-refractivity contribution in [3.8, 4) is 23.5 Å². The normalized spacial score (nSPS) is 17.8.